The Labute approximate surface area is 129 Å². The van der Waals surface area contributed by atoms with E-state index < -0.39 is 30.1 Å². The van der Waals surface area contributed by atoms with Gasteiger partial charge in [0.25, 0.3) is 5.56 Å². The summed E-state index contributed by atoms with van der Waals surface area (Å²) in [6.45, 7) is -0.202. The highest BCUT2D eigenvalue weighted by molar-refractivity contribution is 7.98. The van der Waals surface area contributed by atoms with Crippen molar-refractivity contribution in [2.45, 2.75) is 29.7 Å². The molecule has 1 saturated heterocycles. The Balaban J connectivity index is 2.35. The van der Waals surface area contributed by atoms with Crippen molar-refractivity contribution < 1.29 is 24.9 Å². The molecule has 122 valence electrons. The number of aliphatic hydroxyl groups is 3. The number of aromatic nitrogens is 2. The van der Waals surface area contributed by atoms with Crippen molar-refractivity contribution in [1.82, 2.24) is 9.55 Å². The summed E-state index contributed by atoms with van der Waals surface area (Å²) >= 11 is 1.21. The lowest BCUT2D eigenvalue weighted by atomic mass is 10.0. The van der Waals surface area contributed by atoms with Gasteiger partial charge in [-0.15, -0.1) is 0 Å². The molecule has 1 aromatic heterocycles. The highest BCUT2D eigenvalue weighted by Crippen LogP contribution is 2.20. The molecule has 0 aromatic carbocycles. The number of carbonyl (C=O) groups is 1. The summed E-state index contributed by atoms with van der Waals surface area (Å²) in [5.74, 6) is -0.0462. The summed E-state index contributed by atoms with van der Waals surface area (Å²) in [6, 6.07) is 0. The first-order valence-corrected chi connectivity index (χ1v) is 7.65. The standard InChI is InChI=1S/C12H17N3O6S/c1-15-11(20)5(3-16)9(14-12(15)22-2)13-10-8(19)7(18)6(17)4-21-10/h3,6-8,10,13,17-19H,4H2,1-2H3/t6-,7-,8-,10+/m1/s1. The molecule has 0 unspecified atom stereocenters. The first-order chi connectivity index (χ1) is 10.4. The molecule has 0 amide bonds. The molecule has 9 nitrogen and oxygen atoms in total. The zero-order valence-electron chi connectivity index (χ0n) is 12.0. The van der Waals surface area contributed by atoms with Crippen LogP contribution in [-0.2, 0) is 11.8 Å². The predicted molar refractivity (Wildman–Crippen MR) is 78.0 cm³/mol. The average molecular weight is 331 g/mol. The van der Waals surface area contributed by atoms with Gasteiger partial charge < -0.3 is 25.4 Å². The summed E-state index contributed by atoms with van der Waals surface area (Å²) in [6.07, 6.45) is -3.08. The number of rotatable bonds is 4. The largest absolute Gasteiger partial charge is 0.388 e. The molecular weight excluding hydrogens is 314 g/mol. The topological polar surface area (TPSA) is 134 Å². The van der Waals surface area contributed by atoms with Gasteiger partial charge in [0.1, 0.15) is 29.7 Å². The number of thioether (sulfide) groups is 1. The molecule has 0 spiro atoms. The highest BCUT2D eigenvalue weighted by atomic mass is 32.2. The highest BCUT2D eigenvalue weighted by Gasteiger charge is 2.38. The fourth-order valence-electron chi connectivity index (χ4n) is 2.07. The molecular formula is C12H17N3O6S. The third-order valence-electron chi connectivity index (χ3n) is 3.36. The van der Waals surface area contributed by atoms with Crippen LogP contribution in [0, 0.1) is 0 Å². The summed E-state index contributed by atoms with van der Waals surface area (Å²) < 4.78 is 6.41. The molecule has 0 bridgehead atoms. The number of anilines is 1. The van der Waals surface area contributed by atoms with Crippen molar-refractivity contribution in [2.75, 3.05) is 18.2 Å². The van der Waals surface area contributed by atoms with Gasteiger partial charge in [0, 0.05) is 7.05 Å². The van der Waals surface area contributed by atoms with E-state index in [0.29, 0.717) is 11.4 Å². The molecule has 0 aliphatic carbocycles. The van der Waals surface area contributed by atoms with Crippen LogP contribution >= 0.6 is 11.8 Å². The van der Waals surface area contributed by atoms with Gasteiger partial charge in [-0.25, -0.2) is 4.98 Å². The van der Waals surface area contributed by atoms with Gasteiger partial charge in [0.05, 0.1) is 6.61 Å². The number of aldehydes is 1. The van der Waals surface area contributed by atoms with E-state index >= 15 is 0 Å². The summed E-state index contributed by atoms with van der Waals surface area (Å²) in [4.78, 5) is 27.4. The molecule has 4 atom stereocenters. The summed E-state index contributed by atoms with van der Waals surface area (Å²) in [7, 11) is 1.49. The molecule has 1 aromatic rings. The zero-order chi connectivity index (χ0) is 16.4. The van der Waals surface area contributed by atoms with Crippen molar-refractivity contribution in [3.8, 4) is 0 Å². The fraction of sp³-hybridized carbons (Fsp3) is 0.583. The Morgan fingerprint density at radius 1 is 1.41 bits per heavy atom. The maximum absolute atomic E-state index is 12.1. The second-order valence-corrected chi connectivity index (χ2v) is 5.56. The van der Waals surface area contributed by atoms with Crippen LogP contribution in [0.1, 0.15) is 10.4 Å². The van der Waals surface area contributed by atoms with Gasteiger partial charge in [-0.1, -0.05) is 11.8 Å². The van der Waals surface area contributed by atoms with Crippen molar-refractivity contribution >= 4 is 23.9 Å². The maximum Gasteiger partial charge on any atom is 0.266 e. The van der Waals surface area contributed by atoms with Gasteiger partial charge >= 0.3 is 0 Å². The van der Waals surface area contributed by atoms with E-state index in [1.807, 2.05) is 0 Å². The van der Waals surface area contributed by atoms with Crippen LogP contribution in [0.15, 0.2) is 9.95 Å². The van der Waals surface area contributed by atoms with Crippen LogP contribution in [0.5, 0.6) is 0 Å². The molecule has 2 heterocycles. The van der Waals surface area contributed by atoms with Crippen LogP contribution < -0.4 is 10.9 Å². The van der Waals surface area contributed by atoms with Gasteiger partial charge in [0.2, 0.25) is 0 Å². The maximum atomic E-state index is 12.1. The van der Waals surface area contributed by atoms with Crippen LogP contribution in [0.4, 0.5) is 5.82 Å². The Morgan fingerprint density at radius 3 is 2.68 bits per heavy atom. The number of nitrogens with zero attached hydrogens (tertiary/aromatic N) is 2. The number of nitrogens with one attached hydrogen (secondary N) is 1. The molecule has 1 fully saturated rings. The monoisotopic (exact) mass is 331 g/mol. The smallest absolute Gasteiger partial charge is 0.266 e. The quantitative estimate of drug-likeness (QED) is 0.285. The van der Waals surface area contributed by atoms with Crippen LogP contribution in [-0.4, -0.2) is 68.6 Å². The van der Waals surface area contributed by atoms with Gasteiger partial charge in [-0.3, -0.25) is 14.2 Å². The lowest BCUT2D eigenvalue weighted by molar-refractivity contribution is -0.178. The zero-order valence-corrected chi connectivity index (χ0v) is 12.8. The van der Waals surface area contributed by atoms with E-state index in [4.69, 9.17) is 4.74 Å². The molecule has 10 heteroatoms. The number of carbonyl (C=O) groups excluding carboxylic acids is 1. The van der Waals surface area contributed by atoms with E-state index in [9.17, 15) is 24.9 Å². The SMILES string of the molecule is CSc1nc(N[C@H]2OC[C@@H](O)[C@@H](O)[C@H]2O)c(C=O)c(=O)n1C. The minimum atomic E-state index is -1.44. The second kappa shape index (κ2) is 6.75. The second-order valence-electron chi connectivity index (χ2n) is 4.79. The first-order valence-electron chi connectivity index (χ1n) is 6.43. The van der Waals surface area contributed by atoms with Crippen molar-refractivity contribution in [3.63, 3.8) is 0 Å². The molecule has 4 N–H and O–H groups in total. The third kappa shape index (κ3) is 3.01. The lowest BCUT2D eigenvalue weighted by Gasteiger charge is -2.35. The van der Waals surface area contributed by atoms with Crippen molar-refractivity contribution in [3.05, 3.63) is 15.9 Å². The van der Waals surface area contributed by atoms with E-state index in [0.717, 1.165) is 0 Å². The minimum Gasteiger partial charge on any atom is -0.388 e. The van der Waals surface area contributed by atoms with Crippen LogP contribution in [0.25, 0.3) is 0 Å². The molecule has 1 aliphatic heterocycles. The summed E-state index contributed by atoms with van der Waals surface area (Å²) in [5, 5.41) is 31.9. The fourth-order valence-corrected chi connectivity index (χ4v) is 2.61. The average Bonchev–Trinajstić information content (AvgIpc) is 2.51. The third-order valence-corrected chi connectivity index (χ3v) is 4.10. The Bertz CT molecular complexity index is 622. The van der Waals surface area contributed by atoms with E-state index in [2.05, 4.69) is 10.3 Å². The van der Waals surface area contributed by atoms with Crippen LogP contribution in [0.3, 0.4) is 0 Å². The van der Waals surface area contributed by atoms with Gasteiger partial charge in [-0.2, -0.15) is 0 Å². The molecule has 0 saturated carbocycles. The number of ether oxygens (including phenoxy) is 1. The van der Waals surface area contributed by atoms with Crippen molar-refractivity contribution in [1.29, 1.82) is 0 Å². The van der Waals surface area contributed by atoms with Crippen molar-refractivity contribution in [2.24, 2.45) is 7.05 Å². The lowest BCUT2D eigenvalue weighted by Crippen LogP contribution is -2.55. The molecule has 2 rings (SSSR count). The number of hydrogen-bond donors (Lipinski definition) is 4. The van der Waals surface area contributed by atoms with E-state index in [1.54, 1.807) is 6.26 Å². The van der Waals surface area contributed by atoms with E-state index in [1.165, 1.54) is 23.4 Å². The Kier molecular flexibility index (Phi) is 5.19. The molecule has 0 radical (unpaired) electrons. The number of aliphatic hydroxyl groups excluding tert-OH is 3. The Hall–Kier alpha value is -1.46. The first kappa shape index (κ1) is 16.9. The molecule has 22 heavy (non-hydrogen) atoms. The minimum absolute atomic E-state index is 0.0462. The Morgan fingerprint density at radius 2 is 2.09 bits per heavy atom. The van der Waals surface area contributed by atoms with Gasteiger partial charge in [0.15, 0.2) is 17.7 Å². The molecule has 1 aliphatic rings. The number of hydrogen-bond acceptors (Lipinski definition) is 9. The van der Waals surface area contributed by atoms with Gasteiger partial charge in [-0.05, 0) is 6.26 Å². The summed E-state index contributed by atoms with van der Waals surface area (Å²) in [5.41, 5.74) is -0.751. The van der Waals surface area contributed by atoms with E-state index in [-0.39, 0.29) is 18.0 Å². The predicted octanol–water partition coefficient (Wildman–Crippen LogP) is -1.83. The van der Waals surface area contributed by atoms with Crippen LogP contribution in [0.2, 0.25) is 0 Å². The normalized spacial score (nSPS) is 28.4.